The Morgan fingerprint density at radius 1 is 1.33 bits per heavy atom. The lowest BCUT2D eigenvalue weighted by Gasteiger charge is -2.05. The van der Waals surface area contributed by atoms with Gasteiger partial charge < -0.3 is 9.84 Å². The first-order valence-electron chi connectivity index (χ1n) is 7.69. The summed E-state index contributed by atoms with van der Waals surface area (Å²) in [7, 11) is 1.90. The van der Waals surface area contributed by atoms with E-state index in [1.54, 1.807) is 4.68 Å². The van der Waals surface area contributed by atoms with Crippen molar-refractivity contribution in [3.05, 3.63) is 53.4 Å². The maximum Gasteiger partial charge on any atom is 0.276 e. The van der Waals surface area contributed by atoms with Crippen molar-refractivity contribution in [2.24, 2.45) is 0 Å². The lowest BCUT2D eigenvalue weighted by molar-refractivity contribution is 0.394. The fourth-order valence-electron chi connectivity index (χ4n) is 2.19. The van der Waals surface area contributed by atoms with Crippen molar-refractivity contribution in [1.29, 1.82) is 0 Å². The van der Waals surface area contributed by atoms with E-state index in [1.165, 1.54) is 0 Å². The summed E-state index contributed by atoms with van der Waals surface area (Å²) in [6, 6.07) is 10.1. The Morgan fingerprint density at radius 3 is 2.79 bits per heavy atom. The molecule has 0 fully saturated rings. The maximum atomic E-state index is 5.45. The molecule has 0 spiro atoms. The van der Waals surface area contributed by atoms with Gasteiger partial charge in [0.15, 0.2) is 11.6 Å². The first kappa shape index (κ1) is 16.0. The molecular formula is C16H19N7O. The second kappa shape index (κ2) is 7.14. The standard InChI is InChI=1S/C16H19N7O/c1-11(17-3)9-15-18-16(24-20-15)14(23-12(2)19-21-22-23)10-13-7-5-4-6-8-13/h4-8,10-11,17H,9H2,1-3H3/b14-10-. The second-order valence-corrected chi connectivity index (χ2v) is 5.49. The van der Waals surface area contributed by atoms with Gasteiger partial charge in [0, 0.05) is 12.5 Å². The molecule has 0 bridgehead atoms. The van der Waals surface area contributed by atoms with Crippen molar-refractivity contribution in [3.63, 3.8) is 0 Å². The molecule has 2 heterocycles. The van der Waals surface area contributed by atoms with Gasteiger partial charge in [-0.25, -0.2) is 0 Å². The average molecular weight is 325 g/mol. The Bertz CT molecular complexity index is 822. The van der Waals surface area contributed by atoms with Crippen molar-refractivity contribution in [2.45, 2.75) is 26.3 Å². The molecule has 0 aliphatic carbocycles. The summed E-state index contributed by atoms with van der Waals surface area (Å²) < 4.78 is 7.04. The molecule has 3 aromatic rings. The van der Waals surface area contributed by atoms with Crippen LogP contribution in [0.4, 0.5) is 0 Å². The van der Waals surface area contributed by atoms with E-state index in [4.69, 9.17) is 4.52 Å². The minimum atomic E-state index is 0.256. The smallest absolute Gasteiger partial charge is 0.276 e. The van der Waals surface area contributed by atoms with Crippen LogP contribution in [0.15, 0.2) is 34.9 Å². The second-order valence-electron chi connectivity index (χ2n) is 5.49. The lowest BCUT2D eigenvalue weighted by atomic mass is 10.2. The molecule has 24 heavy (non-hydrogen) atoms. The van der Waals surface area contributed by atoms with Crippen LogP contribution in [0.3, 0.4) is 0 Å². The predicted octanol–water partition coefficient (Wildman–Crippen LogP) is 1.56. The highest BCUT2D eigenvalue weighted by atomic mass is 16.5. The van der Waals surface area contributed by atoms with Crippen molar-refractivity contribution < 1.29 is 4.52 Å². The molecular weight excluding hydrogens is 306 g/mol. The molecule has 8 heteroatoms. The number of nitrogens with one attached hydrogen (secondary N) is 1. The highest BCUT2D eigenvalue weighted by Crippen LogP contribution is 2.19. The minimum Gasteiger partial charge on any atom is -0.332 e. The summed E-state index contributed by atoms with van der Waals surface area (Å²) in [6.07, 6.45) is 2.59. The van der Waals surface area contributed by atoms with Gasteiger partial charge >= 0.3 is 0 Å². The van der Waals surface area contributed by atoms with Crippen molar-refractivity contribution in [2.75, 3.05) is 7.05 Å². The Morgan fingerprint density at radius 2 is 2.12 bits per heavy atom. The molecule has 1 N–H and O–H groups in total. The van der Waals surface area contributed by atoms with Crippen LogP contribution in [-0.4, -0.2) is 43.4 Å². The number of tetrazole rings is 1. The predicted molar refractivity (Wildman–Crippen MR) is 88.8 cm³/mol. The van der Waals surface area contributed by atoms with Crippen LogP contribution < -0.4 is 5.32 Å². The molecule has 0 aliphatic rings. The van der Waals surface area contributed by atoms with Gasteiger partial charge in [0.25, 0.3) is 5.89 Å². The van der Waals surface area contributed by atoms with Crippen molar-refractivity contribution in [1.82, 2.24) is 35.7 Å². The third-order valence-electron chi connectivity index (χ3n) is 3.63. The summed E-state index contributed by atoms with van der Waals surface area (Å²) in [5.74, 6) is 1.66. The highest BCUT2D eigenvalue weighted by molar-refractivity contribution is 5.77. The largest absolute Gasteiger partial charge is 0.332 e. The van der Waals surface area contributed by atoms with E-state index in [9.17, 15) is 0 Å². The van der Waals surface area contributed by atoms with Crippen LogP contribution in [0, 0.1) is 6.92 Å². The molecule has 3 rings (SSSR count). The first-order valence-corrected chi connectivity index (χ1v) is 7.69. The number of benzene rings is 1. The zero-order valence-electron chi connectivity index (χ0n) is 13.8. The van der Waals surface area contributed by atoms with Gasteiger partial charge in [-0.1, -0.05) is 35.5 Å². The lowest BCUT2D eigenvalue weighted by Crippen LogP contribution is -2.24. The SMILES string of the molecule is CNC(C)Cc1noc(/C(=C/c2ccccc2)n2nnnc2C)n1. The number of nitrogens with zero attached hydrogens (tertiary/aromatic N) is 6. The molecule has 1 aromatic carbocycles. The summed E-state index contributed by atoms with van der Waals surface area (Å²) in [5.41, 5.74) is 1.63. The van der Waals surface area contributed by atoms with Crippen LogP contribution in [0.5, 0.6) is 0 Å². The number of aryl methyl sites for hydroxylation is 1. The van der Waals surface area contributed by atoms with Gasteiger partial charge in [-0.3, -0.25) is 0 Å². The summed E-state index contributed by atoms with van der Waals surface area (Å²) in [4.78, 5) is 4.49. The van der Waals surface area contributed by atoms with E-state index in [2.05, 4.69) is 37.9 Å². The van der Waals surface area contributed by atoms with Gasteiger partial charge in [0.05, 0.1) is 0 Å². The third-order valence-corrected chi connectivity index (χ3v) is 3.63. The molecule has 1 unspecified atom stereocenters. The van der Waals surface area contributed by atoms with Gasteiger partial charge in [0.2, 0.25) is 0 Å². The number of likely N-dealkylation sites (N-methyl/N-ethyl adjacent to an activating group) is 1. The molecule has 0 aliphatic heterocycles. The molecule has 0 saturated carbocycles. The first-order chi connectivity index (χ1) is 11.7. The van der Waals surface area contributed by atoms with Crippen molar-refractivity contribution >= 4 is 11.8 Å². The van der Waals surface area contributed by atoms with Gasteiger partial charge in [-0.15, -0.1) is 5.10 Å². The Hall–Kier alpha value is -2.87. The van der Waals surface area contributed by atoms with Crippen LogP contribution in [0.25, 0.3) is 11.8 Å². The van der Waals surface area contributed by atoms with Gasteiger partial charge in [-0.05, 0) is 43.0 Å². The number of aromatic nitrogens is 6. The Labute approximate surface area is 139 Å². The van der Waals surface area contributed by atoms with E-state index >= 15 is 0 Å². The highest BCUT2D eigenvalue weighted by Gasteiger charge is 2.18. The molecule has 8 nitrogen and oxygen atoms in total. The fourth-order valence-corrected chi connectivity index (χ4v) is 2.19. The van der Waals surface area contributed by atoms with Crippen LogP contribution >= 0.6 is 0 Å². The van der Waals surface area contributed by atoms with Crippen molar-refractivity contribution in [3.8, 4) is 0 Å². The number of rotatable bonds is 6. The average Bonchev–Trinajstić information content (AvgIpc) is 3.23. The monoisotopic (exact) mass is 325 g/mol. The summed E-state index contributed by atoms with van der Waals surface area (Å²) in [6.45, 7) is 3.88. The van der Waals surface area contributed by atoms with E-state index in [1.807, 2.05) is 50.4 Å². The Balaban J connectivity index is 2.00. The van der Waals surface area contributed by atoms with Gasteiger partial charge in [0.1, 0.15) is 5.70 Å². The molecule has 0 saturated heterocycles. The zero-order valence-corrected chi connectivity index (χ0v) is 13.8. The van der Waals surface area contributed by atoms with Gasteiger partial charge in [-0.2, -0.15) is 9.67 Å². The van der Waals surface area contributed by atoms with E-state index in [0.717, 1.165) is 5.56 Å². The quantitative estimate of drug-likeness (QED) is 0.735. The van der Waals surface area contributed by atoms with E-state index in [-0.39, 0.29) is 6.04 Å². The topological polar surface area (TPSA) is 94.6 Å². The minimum absolute atomic E-state index is 0.256. The Kier molecular flexibility index (Phi) is 4.76. The van der Waals surface area contributed by atoms with Crippen LogP contribution in [0.2, 0.25) is 0 Å². The number of hydrogen-bond acceptors (Lipinski definition) is 7. The maximum absolute atomic E-state index is 5.45. The van der Waals surface area contributed by atoms with E-state index < -0.39 is 0 Å². The summed E-state index contributed by atoms with van der Waals surface area (Å²) >= 11 is 0. The molecule has 124 valence electrons. The number of hydrogen-bond donors (Lipinski definition) is 1. The molecule has 1 atom stereocenters. The van der Waals surface area contributed by atoms with E-state index in [0.29, 0.717) is 29.7 Å². The van der Waals surface area contributed by atoms with Crippen LogP contribution in [-0.2, 0) is 6.42 Å². The van der Waals surface area contributed by atoms with Crippen LogP contribution in [0.1, 0.15) is 30.0 Å². The molecule has 0 amide bonds. The normalized spacial score (nSPS) is 13.2. The third kappa shape index (κ3) is 3.54. The summed E-state index contributed by atoms with van der Waals surface area (Å²) in [5, 5.41) is 18.9. The molecule has 0 radical (unpaired) electrons. The fraction of sp³-hybridized carbons (Fsp3) is 0.312. The zero-order chi connectivity index (χ0) is 16.9. The molecule has 2 aromatic heterocycles.